The highest BCUT2D eigenvalue weighted by atomic mass is 35.5. The zero-order valence-electron chi connectivity index (χ0n) is 14.6. The molecule has 1 fully saturated rings. The Labute approximate surface area is 159 Å². The van der Waals surface area contributed by atoms with Crippen LogP contribution in [0.5, 0.6) is 5.75 Å². The molecule has 1 atom stereocenters. The number of amides is 2. The smallest absolute Gasteiger partial charge is 0.271 e. The van der Waals surface area contributed by atoms with Crippen LogP contribution >= 0.6 is 11.6 Å². The second-order valence-corrected chi connectivity index (χ2v) is 6.46. The molecule has 1 heterocycles. The number of halogens is 1. The van der Waals surface area contributed by atoms with Crippen LogP contribution in [0.2, 0.25) is 5.02 Å². The van der Waals surface area contributed by atoms with Crippen molar-refractivity contribution in [3.05, 3.63) is 57.1 Å². The third-order valence-electron chi connectivity index (χ3n) is 4.25. The van der Waals surface area contributed by atoms with Gasteiger partial charge in [-0.15, -0.1) is 0 Å². The molecule has 9 heteroatoms. The number of benzene rings is 2. The highest BCUT2D eigenvalue weighted by Crippen LogP contribution is 2.36. The van der Waals surface area contributed by atoms with E-state index in [-0.39, 0.29) is 12.1 Å². The SMILES string of the molecule is COc1cc(Cl)c(C)cc1N1C(=O)C[C@H](Nc2cccc([N+](=O)[O-])c2)C1=O. The second kappa shape index (κ2) is 7.24. The van der Waals surface area contributed by atoms with Crippen molar-refractivity contribution < 1.29 is 19.2 Å². The topological polar surface area (TPSA) is 102 Å². The molecule has 27 heavy (non-hydrogen) atoms. The van der Waals surface area contributed by atoms with Crippen molar-refractivity contribution >= 4 is 40.5 Å². The van der Waals surface area contributed by atoms with Crippen molar-refractivity contribution in [1.29, 1.82) is 0 Å². The number of carbonyl (C=O) groups excluding carboxylic acids is 2. The van der Waals surface area contributed by atoms with Crippen LogP contribution < -0.4 is 15.0 Å². The van der Waals surface area contributed by atoms with Gasteiger partial charge in [-0.2, -0.15) is 0 Å². The monoisotopic (exact) mass is 389 g/mol. The van der Waals surface area contributed by atoms with Gasteiger partial charge in [-0.25, -0.2) is 4.90 Å². The van der Waals surface area contributed by atoms with E-state index in [4.69, 9.17) is 16.3 Å². The Morgan fingerprint density at radius 1 is 1.30 bits per heavy atom. The lowest BCUT2D eigenvalue weighted by molar-refractivity contribution is -0.384. The molecule has 3 rings (SSSR count). The van der Waals surface area contributed by atoms with Gasteiger partial charge in [-0.3, -0.25) is 19.7 Å². The summed E-state index contributed by atoms with van der Waals surface area (Å²) in [4.78, 5) is 36.7. The fraction of sp³-hybridized carbons (Fsp3) is 0.222. The molecule has 1 saturated heterocycles. The number of hydrogen-bond acceptors (Lipinski definition) is 6. The Morgan fingerprint density at radius 3 is 2.70 bits per heavy atom. The lowest BCUT2D eigenvalue weighted by Crippen LogP contribution is -2.35. The van der Waals surface area contributed by atoms with Gasteiger partial charge in [0, 0.05) is 28.9 Å². The van der Waals surface area contributed by atoms with Crippen LogP contribution in [-0.2, 0) is 9.59 Å². The van der Waals surface area contributed by atoms with Crippen molar-refractivity contribution in [3.8, 4) is 5.75 Å². The maximum atomic E-state index is 12.8. The van der Waals surface area contributed by atoms with Gasteiger partial charge in [-0.05, 0) is 24.6 Å². The largest absolute Gasteiger partial charge is 0.495 e. The van der Waals surface area contributed by atoms with E-state index >= 15 is 0 Å². The molecule has 0 radical (unpaired) electrons. The molecule has 2 aromatic rings. The number of aryl methyl sites for hydroxylation is 1. The summed E-state index contributed by atoms with van der Waals surface area (Å²) in [5, 5.41) is 14.3. The summed E-state index contributed by atoms with van der Waals surface area (Å²) in [6.45, 7) is 1.76. The molecule has 140 valence electrons. The molecular weight excluding hydrogens is 374 g/mol. The van der Waals surface area contributed by atoms with Gasteiger partial charge >= 0.3 is 0 Å². The molecule has 0 aliphatic carbocycles. The molecule has 0 bridgehead atoms. The van der Waals surface area contributed by atoms with E-state index in [1.54, 1.807) is 25.1 Å². The molecule has 1 aliphatic heterocycles. The molecule has 1 aliphatic rings. The Kier molecular flexibility index (Phi) is 5.00. The minimum atomic E-state index is -0.833. The Bertz CT molecular complexity index is 947. The first-order valence-corrected chi connectivity index (χ1v) is 8.41. The Balaban J connectivity index is 1.89. The molecule has 1 N–H and O–H groups in total. The summed E-state index contributed by atoms with van der Waals surface area (Å²) in [7, 11) is 1.42. The number of nitro benzene ring substituents is 1. The Hall–Kier alpha value is -3.13. The maximum absolute atomic E-state index is 12.8. The third kappa shape index (κ3) is 3.56. The van der Waals surface area contributed by atoms with Gasteiger partial charge in [0.1, 0.15) is 11.8 Å². The number of ether oxygens (including phenoxy) is 1. The van der Waals surface area contributed by atoms with Crippen LogP contribution in [0.25, 0.3) is 0 Å². The van der Waals surface area contributed by atoms with Crippen LogP contribution in [-0.4, -0.2) is 29.9 Å². The van der Waals surface area contributed by atoms with E-state index in [9.17, 15) is 19.7 Å². The zero-order valence-corrected chi connectivity index (χ0v) is 15.3. The van der Waals surface area contributed by atoms with Gasteiger partial charge in [0.05, 0.1) is 24.1 Å². The first-order valence-electron chi connectivity index (χ1n) is 8.03. The maximum Gasteiger partial charge on any atom is 0.271 e. The number of hydrogen-bond donors (Lipinski definition) is 1. The number of nitrogens with zero attached hydrogens (tertiary/aromatic N) is 2. The fourth-order valence-corrected chi connectivity index (χ4v) is 3.05. The number of rotatable bonds is 5. The van der Waals surface area contributed by atoms with Crippen molar-refractivity contribution in [2.24, 2.45) is 0 Å². The van der Waals surface area contributed by atoms with E-state index in [1.165, 1.54) is 25.3 Å². The second-order valence-electron chi connectivity index (χ2n) is 6.05. The van der Waals surface area contributed by atoms with E-state index in [1.807, 2.05) is 0 Å². The van der Waals surface area contributed by atoms with Crippen molar-refractivity contribution in [2.75, 3.05) is 17.3 Å². The van der Waals surface area contributed by atoms with Gasteiger partial charge in [0.25, 0.3) is 11.6 Å². The van der Waals surface area contributed by atoms with E-state index in [2.05, 4.69) is 5.32 Å². The molecule has 2 amide bonds. The number of carbonyl (C=O) groups is 2. The molecule has 8 nitrogen and oxygen atoms in total. The van der Waals surface area contributed by atoms with Crippen molar-refractivity contribution in [2.45, 2.75) is 19.4 Å². The number of imide groups is 1. The van der Waals surface area contributed by atoms with E-state index < -0.39 is 22.8 Å². The van der Waals surface area contributed by atoms with Crippen LogP contribution in [0.4, 0.5) is 17.1 Å². The molecule has 2 aromatic carbocycles. The lowest BCUT2D eigenvalue weighted by Gasteiger charge is -2.19. The molecule has 0 saturated carbocycles. The molecule has 0 aromatic heterocycles. The average molecular weight is 390 g/mol. The zero-order chi connectivity index (χ0) is 19.7. The highest BCUT2D eigenvalue weighted by molar-refractivity contribution is 6.32. The lowest BCUT2D eigenvalue weighted by atomic mass is 10.2. The summed E-state index contributed by atoms with van der Waals surface area (Å²) >= 11 is 6.08. The molecule has 0 spiro atoms. The minimum Gasteiger partial charge on any atom is -0.495 e. The average Bonchev–Trinajstić information content (AvgIpc) is 2.90. The van der Waals surface area contributed by atoms with Gasteiger partial charge in [-0.1, -0.05) is 17.7 Å². The third-order valence-corrected chi connectivity index (χ3v) is 4.65. The quantitative estimate of drug-likeness (QED) is 0.478. The standard InChI is InChI=1S/C18H16ClN3O5/c1-10-6-15(16(27-2)8-13(10)19)21-17(23)9-14(18(21)24)20-11-4-3-5-12(7-11)22(25)26/h3-8,14,20H,9H2,1-2H3/t14-/m0/s1. The normalized spacial score (nSPS) is 16.6. The first kappa shape index (κ1) is 18.7. The summed E-state index contributed by atoms with van der Waals surface area (Å²) in [6, 6.07) is 8.10. The predicted octanol–water partition coefficient (Wildman–Crippen LogP) is 3.31. The summed E-state index contributed by atoms with van der Waals surface area (Å²) in [5.41, 5.74) is 1.29. The van der Waals surface area contributed by atoms with Gasteiger partial charge in [0.15, 0.2) is 0 Å². The summed E-state index contributed by atoms with van der Waals surface area (Å²) < 4.78 is 5.26. The van der Waals surface area contributed by atoms with Crippen LogP contribution in [0.15, 0.2) is 36.4 Å². The number of anilines is 2. The Morgan fingerprint density at radius 2 is 2.04 bits per heavy atom. The molecule has 0 unspecified atom stereocenters. The van der Waals surface area contributed by atoms with Gasteiger partial charge in [0.2, 0.25) is 5.91 Å². The summed E-state index contributed by atoms with van der Waals surface area (Å²) in [6.07, 6.45) is -0.0770. The van der Waals surface area contributed by atoms with Crippen LogP contribution in [0, 0.1) is 17.0 Å². The highest BCUT2D eigenvalue weighted by Gasteiger charge is 2.41. The van der Waals surface area contributed by atoms with Gasteiger partial charge < -0.3 is 10.1 Å². The van der Waals surface area contributed by atoms with E-state index in [0.29, 0.717) is 27.7 Å². The first-order chi connectivity index (χ1) is 12.8. The number of nitro groups is 1. The predicted molar refractivity (Wildman–Crippen MR) is 100 cm³/mol. The van der Waals surface area contributed by atoms with E-state index in [0.717, 1.165) is 4.90 Å². The molecular formula is C18H16ClN3O5. The number of methoxy groups -OCH3 is 1. The van der Waals surface area contributed by atoms with Crippen molar-refractivity contribution in [3.63, 3.8) is 0 Å². The van der Waals surface area contributed by atoms with Crippen LogP contribution in [0.1, 0.15) is 12.0 Å². The summed E-state index contributed by atoms with van der Waals surface area (Å²) in [5.74, 6) is -0.558. The minimum absolute atomic E-state index is 0.0770. The number of non-ortho nitro benzene ring substituents is 1. The van der Waals surface area contributed by atoms with Crippen molar-refractivity contribution in [1.82, 2.24) is 0 Å². The number of nitrogens with one attached hydrogen (secondary N) is 1. The fourth-order valence-electron chi connectivity index (χ4n) is 2.89. The van der Waals surface area contributed by atoms with Crippen LogP contribution in [0.3, 0.4) is 0 Å².